The number of benzene rings is 3. The van der Waals surface area contributed by atoms with Gasteiger partial charge in [-0.15, -0.1) is 0 Å². The Kier molecular flexibility index (Phi) is 9.03. The van der Waals surface area contributed by atoms with E-state index in [1.807, 2.05) is 37.3 Å². The molecule has 0 fully saturated rings. The second kappa shape index (κ2) is 12.4. The molecule has 0 spiro atoms. The second-order valence-corrected chi connectivity index (χ2v) is 7.60. The first kappa shape index (κ1) is 25.5. The lowest BCUT2D eigenvalue weighted by molar-refractivity contribution is -0.132. The Bertz CT molecular complexity index is 1190. The van der Waals surface area contributed by atoms with Crippen LogP contribution in [0.1, 0.15) is 43.6 Å². The third-order valence-corrected chi connectivity index (χ3v) is 4.81. The van der Waals surface area contributed by atoms with Crippen molar-refractivity contribution >= 4 is 18.0 Å². The van der Waals surface area contributed by atoms with Gasteiger partial charge in [0.25, 0.3) is 0 Å². The molecule has 7 heteroatoms. The number of carbonyl (C=O) groups is 2. The summed E-state index contributed by atoms with van der Waals surface area (Å²) in [7, 11) is 0. The highest BCUT2D eigenvalue weighted by atomic mass is 16.5. The van der Waals surface area contributed by atoms with Crippen LogP contribution in [0, 0.1) is 0 Å². The van der Waals surface area contributed by atoms with E-state index in [0.717, 1.165) is 5.56 Å². The van der Waals surface area contributed by atoms with Crippen molar-refractivity contribution in [3.05, 3.63) is 89.5 Å². The zero-order valence-electron chi connectivity index (χ0n) is 19.9. The smallest absolute Gasteiger partial charge is 0.308 e. The maximum Gasteiger partial charge on any atom is 0.308 e. The van der Waals surface area contributed by atoms with Gasteiger partial charge < -0.3 is 24.1 Å². The maximum atomic E-state index is 11.5. The molecule has 0 aromatic heterocycles. The summed E-state index contributed by atoms with van der Waals surface area (Å²) in [6.07, 6.45) is 2.16. The number of hydrogen-bond donors (Lipinski definition) is 1. The molecule has 0 aliphatic rings. The Hall–Kier alpha value is -4.10. The van der Waals surface area contributed by atoms with Crippen LogP contribution < -0.4 is 18.9 Å². The van der Waals surface area contributed by atoms with Crippen LogP contribution in [-0.4, -0.2) is 23.7 Å². The topological polar surface area (TPSA) is 91.3 Å². The first-order valence-electron chi connectivity index (χ1n) is 11.2. The van der Waals surface area contributed by atoms with Crippen LogP contribution in [0.2, 0.25) is 0 Å². The first-order valence-corrected chi connectivity index (χ1v) is 11.2. The van der Waals surface area contributed by atoms with Gasteiger partial charge in [0.2, 0.25) is 0 Å². The molecule has 0 aliphatic heterocycles. The van der Waals surface area contributed by atoms with Gasteiger partial charge in [-0.3, -0.25) is 9.59 Å². The number of aliphatic hydroxyl groups excluding tert-OH is 1. The van der Waals surface area contributed by atoms with Gasteiger partial charge in [0.05, 0.1) is 6.61 Å². The van der Waals surface area contributed by atoms with E-state index in [2.05, 4.69) is 0 Å². The number of esters is 2. The fraction of sp³-hybridized carbons (Fsp3) is 0.214. The van der Waals surface area contributed by atoms with Crippen LogP contribution in [0.5, 0.6) is 23.0 Å². The zero-order valence-corrected chi connectivity index (χ0v) is 19.9. The van der Waals surface area contributed by atoms with Crippen molar-refractivity contribution in [2.45, 2.75) is 33.5 Å². The molecule has 0 amide bonds. The van der Waals surface area contributed by atoms with Crippen LogP contribution in [0.4, 0.5) is 0 Å². The second-order valence-electron chi connectivity index (χ2n) is 7.60. The van der Waals surface area contributed by atoms with E-state index in [1.165, 1.54) is 19.9 Å². The number of hydrogen-bond acceptors (Lipinski definition) is 7. The van der Waals surface area contributed by atoms with Gasteiger partial charge in [-0.1, -0.05) is 42.5 Å². The molecule has 3 aromatic carbocycles. The molecule has 182 valence electrons. The minimum absolute atomic E-state index is 0.201. The van der Waals surface area contributed by atoms with Crippen LogP contribution >= 0.6 is 0 Å². The molecule has 0 heterocycles. The molecule has 0 bridgehead atoms. The summed E-state index contributed by atoms with van der Waals surface area (Å²) < 4.78 is 21.9. The van der Waals surface area contributed by atoms with Crippen molar-refractivity contribution in [3.63, 3.8) is 0 Å². The SMILES string of the molecule is CCOc1ccc(C(O)C=Cc2ccc(OC(C)=O)cc2OC(C)=O)c(OCc2ccccc2)c1. The molecule has 35 heavy (non-hydrogen) atoms. The van der Waals surface area contributed by atoms with Gasteiger partial charge in [-0.25, -0.2) is 0 Å². The van der Waals surface area contributed by atoms with Gasteiger partial charge in [0.1, 0.15) is 35.7 Å². The first-order chi connectivity index (χ1) is 16.9. The summed E-state index contributed by atoms with van der Waals surface area (Å²) in [4.78, 5) is 22.8. The monoisotopic (exact) mass is 476 g/mol. The van der Waals surface area contributed by atoms with E-state index in [0.29, 0.717) is 35.8 Å². The van der Waals surface area contributed by atoms with Crippen molar-refractivity contribution in [3.8, 4) is 23.0 Å². The quantitative estimate of drug-likeness (QED) is 0.315. The highest BCUT2D eigenvalue weighted by Crippen LogP contribution is 2.33. The van der Waals surface area contributed by atoms with Crippen molar-refractivity contribution < 1.29 is 33.6 Å². The summed E-state index contributed by atoms with van der Waals surface area (Å²) in [5.41, 5.74) is 2.06. The average Bonchev–Trinajstić information content (AvgIpc) is 2.82. The Labute approximate surface area is 204 Å². The van der Waals surface area contributed by atoms with Gasteiger partial charge in [0.15, 0.2) is 0 Å². The summed E-state index contributed by atoms with van der Waals surface area (Å²) in [6.45, 7) is 5.28. The minimum atomic E-state index is -1.02. The average molecular weight is 477 g/mol. The van der Waals surface area contributed by atoms with Crippen LogP contribution in [-0.2, 0) is 16.2 Å². The van der Waals surface area contributed by atoms with Crippen molar-refractivity contribution in [1.29, 1.82) is 0 Å². The largest absolute Gasteiger partial charge is 0.494 e. The predicted octanol–water partition coefficient (Wildman–Crippen LogP) is 5.26. The van der Waals surface area contributed by atoms with E-state index < -0.39 is 18.0 Å². The predicted molar refractivity (Wildman–Crippen MR) is 131 cm³/mol. The molecule has 3 rings (SSSR count). The fourth-order valence-corrected chi connectivity index (χ4v) is 3.30. The lowest BCUT2D eigenvalue weighted by atomic mass is 10.1. The molecule has 1 unspecified atom stereocenters. The highest BCUT2D eigenvalue weighted by Gasteiger charge is 2.14. The summed E-state index contributed by atoms with van der Waals surface area (Å²) in [5, 5.41) is 10.9. The Balaban J connectivity index is 1.86. The Morgan fingerprint density at radius 1 is 0.857 bits per heavy atom. The van der Waals surface area contributed by atoms with Crippen molar-refractivity contribution in [1.82, 2.24) is 0 Å². The zero-order chi connectivity index (χ0) is 25.2. The molecular weight excluding hydrogens is 448 g/mol. The third-order valence-electron chi connectivity index (χ3n) is 4.81. The van der Waals surface area contributed by atoms with Crippen molar-refractivity contribution in [2.75, 3.05) is 6.61 Å². The molecule has 7 nitrogen and oxygen atoms in total. The normalized spacial score (nSPS) is 11.7. The third kappa shape index (κ3) is 7.72. The van der Waals surface area contributed by atoms with Crippen LogP contribution in [0.15, 0.2) is 72.8 Å². The van der Waals surface area contributed by atoms with Gasteiger partial charge >= 0.3 is 11.9 Å². The summed E-state index contributed by atoms with van der Waals surface area (Å²) in [5.74, 6) is 0.553. The summed E-state index contributed by atoms with van der Waals surface area (Å²) in [6, 6.07) is 19.6. The van der Waals surface area contributed by atoms with E-state index in [1.54, 1.807) is 42.5 Å². The molecule has 1 N–H and O–H groups in total. The standard InChI is InChI=1S/C28H28O7/c1-4-32-23-13-14-25(28(16-23)33-18-21-8-6-5-7-9-21)26(31)15-11-22-10-12-24(34-19(2)29)17-27(22)35-20(3)30/h5-17,26,31H,4,18H2,1-3H3. The lowest BCUT2D eigenvalue weighted by Gasteiger charge is -2.16. The Morgan fingerprint density at radius 2 is 1.54 bits per heavy atom. The minimum Gasteiger partial charge on any atom is -0.494 e. The molecule has 1 atom stereocenters. The summed E-state index contributed by atoms with van der Waals surface area (Å²) >= 11 is 0. The lowest BCUT2D eigenvalue weighted by Crippen LogP contribution is -2.05. The maximum absolute atomic E-state index is 11.5. The number of ether oxygens (including phenoxy) is 4. The molecule has 0 radical (unpaired) electrons. The molecular formula is C28H28O7. The van der Waals surface area contributed by atoms with Gasteiger partial charge in [-0.05, 0) is 36.8 Å². The van der Waals surface area contributed by atoms with E-state index >= 15 is 0 Å². The van der Waals surface area contributed by atoms with E-state index in [-0.39, 0.29) is 11.5 Å². The van der Waals surface area contributed by atoms with Crippen LogP contribution in [0.25, 0.3) is 6.08 Å². The van der Waals surface area contributed by atoms with E-state index in [4.69, 9.17) is 18.9 Å². The molecule has 0 saturated carbocycles. The molecule has 3 aromatic rings. The highest BCUT2D eigenvalue weighted by molar-refractivity contribution is 5.74. The molecule has 0 saturated heterocycles. The van der Waals surface area contributed by atoms with Gasteiger partial charge in [-0.2, -0.15) is 0 Å². The number of aliphatic hydroxyl groups is 1. The number of carbonyl (C=O) groups excluding carboxylic acids is 2. The fourth-order valence-electron chi connectivity index (χ4n) is 3.30. The van der Waals surface area contributed by atoms with Crippen LogP contribution in [0.3, 0.4) is 0 Å². The Morgan fingerprint density at radius 3 is 2.23 bits per heavy atom. The van der Waals surface area contributed by atoms with E-state index in [9.17, 15) is 14.7 Å². The number of rotatable bonds is 10. The molecule has 0 aliphatic carbocycles. The van der Waals surface area contributed by atoms with Gasteiger partial charge in [0, 0.05) is 37.1 Å². The van der Waals surface area contributed by atoms with Crippen molar-refractivity contribution in [2.24, 2.45) is 0 Å².